The molecule has 3 rings (SSSR count). The Morgan fingerprint density at radius 3 is 2.39 bits per heavy atom. The van der Waals surface area contributed by atoms with Gasteiger partial charge in [-0.05, 0) is 56.2 Å². The molecule has 0 fully saturated rings. The number of aryl methyl sites for hydroxylation is 1. The van der Waals surface area contributed by atoms with Gasteiger partial charge in [0, 0.05) is 17.1 Å². The van der Waals surface area contributed by atoms with Crippen LogP contribution >= 0.6 is 0 Å². The predicted octanol–water partition coefficient (Wildman–Crippen LogP) is 3.20. The number of carbonyl (C=O) groups excluding carboxylic acids is 1. The first-order chi connectivity index (χ1) is 13.2. The van der Waals surface area contributed by atoms with E-state index in [1.54, 1.807) is 38.1 Å². The summed E-state index contributed by atoms with van der Waals surface area (Å²) in [5.41, 5.74) is 2.63. The molecule has 0 bridgehead atoms. The second kappa shape index (κ2) is 7.59. The van der Waals surface area contributed by atoms with E-state index in [1.165, 1.54) is 18.2 Å². The molecule has 2 aromatic carbocycles. The van der Waals surface area contributed by atoms with E-state index in [-0.39, 0.29) is 22.8 Å². The summed E-state index contributed by atoms with van der Waals surface area (Å²) in [6, 6.07) is 13.2. The zero-order chi connectivity index (χ0) is 20.5. The lowest BCUT2D eigenvalue weighted by atomic mass is 10.1. The van der Waals surface area contributed by atoms with Crippen molar-refractivity contribution in [3.8, 4) is 0 Å². The molecule has 1 amide bonds. The standard InChI is InChI=1S/C21H22N2O4S/c1-13(2)28(26,27)17-7-4-15(5-8-17)11-21(25)22-16-6-9-18-14(3)10-20(24)23-19(18)12-16/h4-10,12-13H,11H2,1-3H3,(H,22,25)(H,23,24). The van der Waals surface area contributed by atoms with Gasteiger partial charge in [-0.25, -0.2) is 8.42 Å². The number of H-pyrrole nitrogens is 1. The van der Waals surface area contributed by atoms with Crippen LogP contribution < -0.4 is 10.9 Å². The highest BCUT2D eigenvalue weighted by molar-refractivity contribution is 7.92. The van der Waals surface area contributed by atoms with Crippen LogP contribution in [0.25, 0.3) is 10.9 Å². The Hall–Kier alpha value is -2.93. The maximum Gasteiger partial charge on any atom is 0.248 e. The Morgan fingerprint density at radius 2 is 1.75 bits per heavy atom. The Balaban J connectivity index is 1.74. The normalized spacial score (nSPS) is 11.7. The fourth-order valence-corrected chi connectivity index (χ4v) is 4.03. The van der Waals surface area contributed by atoms with Gasteiger partial charge in [-0.2, -0.15) is 0 Å². The number of rotatable bonds is 5. The molecule has 0 aliphatic carbocycles. The molecule has 0 unspecified atom stereocenters. The number of nitrogens with one attached hydrogen (secondary N) is 2. The molecule has 0 spiro atoms. The van der Waals surface area contributed by atoms with Crippen LogP contribution in [0, 0.1) is 6.92 Å². The van der Waals surface area contributed by atoms with Gasteiger partial charge in [-0.15, -0.1) is 0 Å². The topological polar surface area (TPSA) is 96.1 Å². The number of carbonyl (C=O) groups is 1. The average molecular weight is 398 g/mol. The maximum absolute atomic E-state index is 12.3. The van der Waals surface area contributed by atoms with E-state index < -0.39 is 15.1 Å². The van der Waals surface area contributed by atoms with Crippen LogP contribution in [-0.2, 0) is 21.1 Å². The molecule has 0 atom stereocenters. The smallest absolute Gasteiger partial charge is 0.248 e. The molecule has 1 aromatic heterocycles. The number of aromatic amines is 1. The van der Waals surface area contributed by atoms with E-state index in [4.69, 9.17) is 0 Å². The van der Waals surface area contributed by atoms with Crippen molar-refractivity contribution < 1.29 is 13.2 Å². The monoisotopic (exact) mass is 398 g/mol. The highest BCUT2D eigenvalue weighted by Crippen LogP contribution is 2.20. The first-order valence-corrected chi connectivity index (χ1v) is 10.5. The van der Waals surface area contributed by atoms with Crippen molar-refractivity contribution in [1.82, 2.24) is 4.98 Å². The van der Waals surface area contributed by atoms with Gasteiger partial charge < -0.3 is 10.3 Å². The molecule has 1 heterocycles. The maximum atomic E-state index is 12.3. The summed E-state index contributed by atoms with van der Waals surface area (Å²) < 4.78 is 24.3. The van der Waals surface area contributed by atoms with Crippen LogP contribution in [0.15, 0.2) is 58.2 Å². The SMILES string of the molecule is Cc1cc(=O)[nH]c2cc(NC(=O)Cc3ccc(S(=O)(=O)C(C)C)cc3)ccc12. The fourth-order valence-electron chi connectivity index (χ4n) is 2.97. The molecule has 3 aromatic rings. The van der Waals surface area contributed by atoms with E-state index in [0.717, 1.165) is 10.9 Å². The second-order valence-corrected chi connectivity index (χ2v) is 9.54. The van der Waals surface area contributed by atoms with Gasteiger partial charge in [0.05, 0.1) is 22.1 Å². The van der Waals surface area contributed by atoms with Crippen LogP contribution in [-0.4, -0.2) is 24.6 Å². The number of pyridine rings is 1. The molecular weight excluding hydrogens is 376 g/mol. The Bertz CT molecular complexity index is 1190. The van der Waals surface area contributed by atoms with E-state index in [2.05, 4.69) is 10.3 Å². The third-order valence-electron chi connectivity index (χ3n) is 4.57. The second-order valence-electron chi connectivity index (χ2n) is 7.04. The first kappa shape index (κ1) is 19.8. The van der Waals surface area contributed by atoms with E-state index in [9.17, 15) is 18.0 Å². The lowest BCUT2D eigenvalue weighted by Crippen LogP contribution is -2.16. The van der Waals surface area contributed by atoms with Gasteiger partial charge in [0.1, 0.15) is 0 Å². The third kappa shape index (κ3) is 4.14. The van der Waals surface area contributed by atoms with Crippen LogP contribution in [0.1, 0.15) is 25.0 Å². The number of anilines is 1. The molecule has 2 N–H and O–H groups in total. The van der Waals surface area contributed by atoms with Crippen LogP contribution in [0.5, 0.6) is 0 Å². The minimum absolute atomic E-state index is 0.115. The number of fused-ring (bicyclic) bond motifs is 1. The van der Waals surface area contributed by atoms with Gasteiger partial charge in [-0.1, -0.05) is 18.2 Å². The first-order valence-electron chi connectivity index (χ1n) is 8.93. The highest BCUT2D eigenvalue weighted by atomic mass is 32.2. The molecular formula is C21H22N2O4S. The van der Waals surface area contributed by atoms with Gasteiger partial charge in [0.2, 0.25) is 11.5 Å². The highest BCUT2D eigenvalue weighted by Gasteiger charge is 2.18. The molecule has 6 nitrogen and oxygen atoms in total. The Labute approximate surface area is 163 Å². The van der Waals surface area contributed by atoms with Crippen molar-refractivity contribution in [1.29, 1.82) is 0 Å². The number of amides is 1. The minimum atomic E-state index is -3.33. The molecule has 0 aliphatic rings. The van der Waals surface area contributed by atoms with Crippen molar-refractivity contribution in [3.63, 3.8) is 0 Å². The Kier molecular flexibility index (Phi) is 5.38. The van der Waals surface area contributed by atoms with E-state index in [1.807, 2.05) is 13.0 Å². The lowest BCUT2D eigenvalue weighted by molar-refractivity contribution is -0.115. The summed E-state index contributed by atoms with van der Waals surface area (Å²) in [5, 5.41) is 3.23. The van der Waals surface area contributed by atoms with Crippen LogP contribution in [0.4, 0.5) is 5.69 Å². The largest absolute Gasteiger partial charge is 0.326 e. The summed E-state index contributed by atoms with van der Waals surface area (Å²) in [4.78, 5) is 27.0. The van der Waals surface area contributed by atoms with Crippen molar-refractivity contribution in [3.05, 3.63) is 70.0 Å². The quantitative estimate of drug-likeness (QED) is 0.690. The van der Waals surface area contributed by atoms with Crippen LogP contribution in [0.3, 0.4) is 0 Å². The minimum Gasteiger partial charge on any atom is -0.326 e. The summed E-state index contributed by atoms with van der Waals surface area (Å²) in [6.45, 7) is 5.13. The molecule has 28 heavy (non-hydrogen) atoms. The number of aromatic nitrogens is 1. The van der Waals surface area contributed by atoms with Gasteiger partial charge in [0.25, 0.3) is 0 Å². The van der Waals surface area contributed by atoms with Gasteiger partial charge in [-0.3, -0.25) is 9.59 Å². The summed E-state index contributed by atoms with van der Waals surface area (Å²) in [6.07, 6.45) is 0.115. The average Bonchev–Trinajstić information content (AvgIpc) is 2.61. The number of benzene rings is 2. The predicted molar refractivity (Wildman–Crippen MR) is 110 cm³/mol. The summed E-state index contributed by atoms with van der Waals surface area (Å²) >= 11 is 0. The molecule has 0 saturated carbocycles. The van der Waals surface area contributed by atoms with Crippen molar-refractivity contribution in [2.45, 2.75) is 37.3 Å². The summed E-state index contributed by atoms with van der Waals surface area (Å²) in [7, 11) is -3.33. The Morgan fingerprint density at radius 1 is 1.07 bits per heavy atom. The van der Waals surface area contributed by atoms with Gasteiger partial charge in [0.15, 0.2) is 9.84 Å². The third-order valence-corrected chi connectivity index (χ3v) is 6.74. The molecule has 0 aliphatic heterocycles. The van der Waals surface area contributed by atoms with Crippen molar-refractivity contribution >= 4 is 32.3 Å². The van der Waals surface area contributed by atoms with E-state index in [0.29, 0.717) is 16.8 Å². The van der Waals surface area contributed by atoms with Crippen LogP contribution in [0.2, 0.25) is 0 Å². The fraction of sp³-hybridized carbons (Fsp3) is 0.238. The molecule has 0 saturated heterocycles. The molecule has 7 heteroatoms. The molecule has 0 radical (unpaired) electrons. The van der Waals surface area contributed by atoms with Gasteiger partial charge >= 0.3 is 0 Å². The zero-order valence-electron chi connectivity index (χ0n) is 15.9. The molecule has 146 valence electrons. The van der Waals surface area contributed by atoms with Crippen molar-refractivity contribution in [2.24, 2.45) is 0 Å². The zero-order valence-corrected chi connectivity index (χ0v) is 16.8. The van der Waals surface area contributed by atoms with E-state index >= 15 is 0 Å². The summed E-state index contributed by atoms with van der Waals surface area (Å²) in [5.74, 6) is -0.228. The van der Waals surface area contributed by atoms with Crippen molar-refractivity contribution in [2.75, 3.05) is 5.32 Å². The number of hydrogen-bond acceptors (Lipinski definition) is 4. The number of sulfone groups is 1. The lowest BCUT2D eigenvalue weighted by Gasteiger charge is -2.10. The number of hydrogen-bond donors (Lipinski definition) is 2.